The molecule has 0 unspecified atom stereocenters. The Kier molecular flexibility index (Phi) is 1.92. The molecule has 0 bridgehead atoms. The molecule has 88 valence electrons. The predicted molar refractivity (Wildman–Crippen MR) is 59.6 cm³/mol. The van der Waals surface area contributed by atoms with E-state index in [9.17, 15) is 10.2 Å². The van der Waals surface area contributed by atoms with E-state index in [0.717, 1.165) is 12.8 Å². The van der Waals surface area contributed by atoms with Crippen LogP contribution in [0.5, 0.6) is 11.5 Å². The molecule has 5 heteroatoms. The molecule has 1 aliphatic carbocycles. The maximum Gasteiger partial charge on any atom is 0.265 e. The number of aromatic nitrogens is 2. The van der Waals surface area contributed by atoms with Crippen molar-refractivity contribution in [1.82, 2.24) is 10.1 Å². The first-order valence-corrected chi connectivity index (χ1v) is 5.46. The lowest BCUT2D eigenvalue weighted by molar-refractivity contribution is 0.405. The van der Waals surface area contributed by atoms with Gasteiger partial charge in [0, 0.05) is 5.41 Å². The Bertz CT molecular complexity index is 553. The van der Waals surface area contributed by atoms with E-state index >= 15 is 0 Å². The van der Waals surface area contributed by atoms with Crippen molar-refractivity contribution >= 4 is 0 Å². The van der Waals surface area contributed by atoms with Gasteiger partial charge in [0.05, 0.1) is 0 Å². The SMILES string of the molecule is CC1(c2noc(-c3c(O)cccc3O)n2)CC1. The van der Waals surface area contributed by atoms with Crippen LogP contribution in [0.3, 0.4) is 0 Å². The van der Waals surface area contributed by atoms with Crippen molar-refractivity contribution in [3.8, 4) is 23.0 Å². The maximum absolute atomic E-state index is 9.68. The Morgan fingerprint density at radius 1 is 1.24 bits per heavy atom. The third kappa shape index (κ3) is 1.54. The Morgan fingerprint density at radius 3 is 2.47 bits per heavy atom. The van der Waals surface area contributed by atoms with Crippen molar-refractivity contribution in [2.75, 3.05) is 0 Å². The summed E-state index contributed by atoms with van der Waals surface area (Å²) in [5.41, 5.74) is 0.192. The van der Waals surface area contributed by atoms with Crippen LogP contribution in [0.25, 0.3) is 11.5 Å². The molecule has 0 aliphatic heterocycles. The molecule has 3 rings (SSSR count). The van der Waals surface area contributed by atoms with E-state index in [1.807, 2.05) is 0 Å². The lowest BCUT2D eigenvalue weighted by atomic mass is 10.1. The first-order valence-electron chi connectivity index (χ1n) is 5.46. The molecule has 1 aromatic carbocycles. The number of aromatic hydroxyl groups is 2. The standard InChI is InChI=1S/C12H12N2O3/c1-12(5-6-12)11-13-10(17-14-11)9-7(15)3-2-4-8(9)16/h2-4,15-16H,5-6H2,1H3. The first-order chi connectivity index (χ1) is 8.10. The van der Waals surface area contributed by atoms with Crippen LogP contribution in [0.1, 0.15) is 25.6 Å². The summed E-state index contributed by atoms with van der Waals surface area (Å²) in [4.78, 5) is 4.24. The maximum atomic E-state index is 9.68. The molecule has 5 nitrogen and oxygen atoms in total. The molecule has 0 spiro atoms. The molecule has 1 saturated carbocycles. The fourth-order valence-corrected chi connectivity index (χ4v) is 1.73. The minimum atomic E-state index is -0.0684. The highest BCUT2D eigenvalue weighted by molar-refractivity contribution is 5.69. The highest BCUT2D eigenvalue weighted by atomic mass is 16.5. The molecule has 1 heterocycles. The average molecular weight is 232 g/mol. The molecule has 2 aromatic rings. The van der Waals surface area contributed by atoms with Crippen molar-refractivity contribution in [3.63, 3.8) is 0 Å². The molecular weight excluding hydrogens is 220 g/mol. The van der Waals surface area contributed by atoms with Crippen LogP contribution >= 0.6 is 0 Å². The summed E-state index contributed by atoms with van der Waals surface area (Å²) < 4.78 is 5.10. The molecule has 1 aliphatic rings. The van der Waals surface area contributed by atoms with Gasteiger partial charge < -0.3 is 14.7 Å². The molecule has 0 radical (unpaired) electrons. The van der Waals surface area contributed by atoms with Gasteiger partial charge in [-0.25, -0.2) is 0 Å². The zero-order valence-corrected chi connectivity index (χ0v) is 9.34. The Hall–Kier alpha value is -2.04. The number of phenols is 2. The van der Waals surface area contributed by atoms with Crippen LogP contribution < -0.4 is 0 Å². The minimum Gasteiger partial charge on any atom is -0.507 e. The summed E-state index contributed by atoms with van der Waals surface area (Å²) >= 11 is 0. The third-order valence-corrected chi connectivity index (χ3v) is 3.20. The van der Waals surface area contributed by atoms with E-state index in [0.29, 0.717) is 5.82 Å². The fourth-order valence-electron chi connectivity index (χ4n) is 1.73. The van der Waals surface area contributed by atoms with Gasteiger partial charge in [0.1, 0.15) is 17.1 Å². The minimum absolute atomic E-state index is 0.00175. The van der Waals surface area contributed by atoms with Crippen LogP contribution in [0.2, 0.25) is 0 Å². The van der Waals surface area contributed by atoms with Gasteiger partial charge in [-0.15, -0.1) is 0 Å². The summed E-state index contributed by atoms with van der Waals surface area (Å²) in [6.45, 7) is 2.06. The molecule has 17 heavy (non-hydrogen) atoms. The number of rotatable bonds is 2. The summed E-state index contributed by atoms with van der Waals surface area (Å²) in [6, 6.07) is 4.49. The molecule has 1 aromatic heterocycles. The smallest absolute Gasteiger partial charge is 0.265 e. The second-order valence-corrected chi connectivity index (χ2v) is 4.66. The second-order valence-electron chi connectivity index (χ2n) is 4.66. The van der Waals surface area contributed by atoms with Crippen molar-refractivity contribution in [3.05, 3.63) is 24.0 Å². The van der Waals surface area contributed by atoms with E-state index in [2.05, 4.69) is 17.1 Å². The lowest BCUT2D eigenvalue weighted by Crippen LogP contribution is -2.01. The summed E-state index contributed by atoms with van der Waals surface area (Å²) in [5, 5.41) is 23.3. The number of phenolic OH excluding ortho intramolecular Hbond substituents is 2. The van der Waals surface area contributed by atoms with Crippen LogP contribution in [0.4, 0.5) is 0 Å². The van der Waals surface area contributed by atoms with Crippen LogP contribution in [-0.2, 0) is 5.41 Å². The number of hydrogen-bond donors (Lipinski definition) is 2. The normalized spacial score (nSPS) is 17.0. The van der Waals surface area contributed by atoms with E-state index in [4.69, 9.17) is 4.52 Å². The Labute approximate surface area is 97.7 Å². The van der Waals surface area contributed by atoms with Crippen LogP contribution in [0.15, 0.2) is 22.7 Å². The van der Waals surface area contributed by atoms with Crippen molar-refractivity contribution in [1.29, 1.82) is 0 Å². The monoisotopic (exact) mass is 232 g/mol. The molecule has 0 amide bonds. The Balaban J connectivity index is 2.07. The highest BCUT2D eigenvalue weighted by Crippen LogP contribution is 2.47. The van der Waals surface area contributed by atoms with Gasteiger partial charge in [0.2, 0.25) is 0 Å². The van der Waals surface area contributed by atoms with Gasteiger partial charge in [-0.1, -0.05) is 18.1 Å². The van der Waals surface area contributed by atoms with Crippen molar-refractivity contribution in [2.45, 2.75) is 25.2 Å². The highest BCUT2D eigenvalue weighted by Gasteiger charge is 2.43. The van der Waals surface area contributed by atoms with E-state index in [-0.39, 0.29) is 28.4 Å². The van der Waals surface area contributed by atoms with Gasteiger partial charge in [-0.05, 0) is 25.0 Å². The lowest BCUT2D eigenvalue weighted by Gasteiger charge is -2.01. The molecule has 0 saturated heterocycles. The topological polar surface area (TPSA) is 79.4 Å². The summed E-state index contributed by atoms with van der Waals surface area (Å²) in [5.74, 6) is 0.654. The van der Waals surface area contributed by atoms with E-state index in [1.165, 1.54) is 12.1 Å². The summed E-state index contributed by atoms with van der Waals surface area (Å²) in [6.07, 6.45) is 2.08. The zero-order chi connectivity index (χ0) is 12.0. The number of benzene rings is 1. The predicted octanol–water partition coefficient (Wildman–Crippen LogP) is 2.20. The van der Waals surface area contributed by atoms with E-state index < -0.39 is 0 Å². The van der Waals surface area contributed by atoms with Crippen molar-refractivity contribution in [2.24, 2.45) is 0 Å². The third-order valence-electron chi connectivity index (χ3n) is 3.20. The van der Waals surface area contributed by atoms with Crippen molar-refractivity contribution < 1.29 is 14.7 Å². The summed E-state index contributed by atoms with van der Waals surface area (Å²) in [7, 11) is 0. The molecular formula is C12H12N2O3. The van der Waals surface area contributed by atoms with Crippen LogP contribution in [-0.4, -0.2) is 20.4 Å². The van der Waals surface area contributed by atoms with Gasteiger partial charge >= 0.3 is 0 Å². The van der Waals surface area contributed by atoms with Gasteiger partial charge in [-0.2, -0.15) is 4.98 Å². The average Bonchev–Trinajstić information content (AvgIpc) is 2.86. The van der Waals surface area contributed by atoms with Crippen LogP contribution in [0, 0.1) is 0 Å². The fraction of sp³-hybridized carbons (Fsp3) is 0.333. The molecule has 0 atom stereocenters. The van der Waals surface area contributed by atoms with Gasteiger partial charge in [-0.3, -0.25) is 0 Å². The van der Waals surface area contributed by atoms with Gasteiger partial charge in [0.15, 0.2) is 5.82 Å². The second kappa shape index (κ2) is 3.23. The quantitative estimate of drug-likeness (QED) is 0.829. The van der Waals surface area contributed by atoms with Gasteiger partial charge in [0.25, 0.3) is 5.89 Å². The zero-order valence-electron chi connectivity index (χ0n) is 9.34. The first kappa shape index (κ1) is 10.1. The molecule has 1 fully saturated rings. The van der Waals surface area contributed by atoms with E-state index in [1.54, 1.807) is 6.07 Å². The number of nitrogens with zero attached hydrogens (tertiary/aromatic N) is 2. The number of hydrogen-bond acceptors (Lipinski definition) is 5. The molecule has 2 N–H and O–H groups in total. The Morgan fingerprint density at radius 2 is 1.88 bits per heavy atom. The largest absolute Gasteiger partial charge is 0.507 e.